The van der Waals surface area contributed by atoms with Crippen molar-refractivity contribution in [2.75, 3.05) is 25.6 Å². The fraction of sp³-hybridized carbons (Fsp3) is 0.304. The second kappa shape index (κ2) is 9.32. The van der Waals surface area contributed by atoms with Gasteiger partial charge < -0.3 is 14.8 Å². The maximum atomic E-state index is 13.3. The molecular weight excluding hydrogens is 404 g/mol. The van der Waals surface area contributed by atoms with Gasteiger partial charge in [-0.1, -0.05) is 29.8 Å². The molecule has 1 N–H and O–H groups in total. The van der Waals surface area contributed by atoms with Crippen molar-refractivity contribution in [3.8, 4) is 5.75 Å². The van der Waals surface area contributed by atoms with E-state index in [1.54, 1.807) is 36.4 Å². The maximum absolute atomic E-state index is 13.3. The van der Waals surface area contributed by atoms with Gasteiger partial charge in [0.1, 0.15) is 11.4 Å². The number of amides is 2. The van der Waals surface area contributed by atoms with Crippen LogP contribution in [0, 0.1) is 6.92 Å². The lowest BCUT2D eigenvalue weighted by Crippen LogP contribution is -2.35. The van der Waals surface area contributed by atoms with Crippen molar-refractivity contribution < 1.29 is 19.1 Å². The monoisotopic (exact) mass is 428 g/mol. The van der Waals surface area contributed by atoms with Gasteiger partial charge in [0.2, 0.25) is 0 Å². The molecule has 2 aromatic carbocycles. The highest BCUT2D eigenvalue weighted by molar-refractivity contribution is 6.37. The first-order valence-corrected chi connectivity index (χ1v) is 10.1. The molecule has 1 aliphatic rings. The molecule has 158 valence electrons. The highest BCUT2D eigenvalue weighted by Gasteiger charge is 2.40. The number of anilines is 1. The van der Waals surface area contributed by atoms with Crippen LogP contribution in [-0.4, -0.2) is 43.1 Å². The van der Waals surface area contributed by atoms with Crippen LogP contribution < -0.4 is 10.1 Å². The Morgan fingerprint density at radius 2 is 1.83 bits per heavy atom. The van der Waals surface area contributed by atoms with Crippen LogP contribution in [0.1, 0.15) is 25.0 Å². The summed E-state index contributed by atoms with van der Waals surface area (Å²) in [4.78, 5) is 27.7. The van der Waals surface area contributed by atoms with Gasteiger partial charge in [-0.3, -0.25) is 14.5 Å². The van der Waals surface area contributed by atoms with Gasteiger partial charge >= 0.3 is 0 Å². The van der Waals surface area contributed by atoms with Crippen LogP contribution in [0.2, 0.25) is 5.02 Å². The number of hydrogen-bond acceptors (Lipinski definition) is 5. The molecule has 30 heavy (non-hydrogen) atoms. The lowest BCUT2D eigenvalue weighted by Gasteiger charge is -2.17. The minimum absolute atomic E-state index is 0.00812. The number of carbonyl (C=O) groups is 2. The summed E-state index contributed by atoms with van der Waals surface area (Å²) in [6.45, 7) is 6.12. The van der Waals surface area contributed by atoms with Crippen LogP contribution >= 0.6 is 11.6 Å². The molecule has 0 aromatic heterocycles. The topological polar surface area (TPSA) is 67.9 Å². The maximum Gasteiger partial charge on any atom is 0.278 e. The van der Waals surface area contributed by atoms with Crippen molar-refractivity contribution in [1.82, 2.24) is 4.90 Å². The predicted molar refractivity (Wildman–Crippen MR) is 118 cm³/mol. The van der Waals surface area contributed by atoms with Gasteiger partial charge in [-0.15, -0.1) is 0 Å². The molecule has 1 aliphatic heterocycles. The Balaban J connectivity index is 2.04. The second-order valence-corrected chi connectivity index (χ2v) is 7.65. The Hall–Kier alpha value is -2.83. The Morgan fingerprint density at radius 3 is 2.50 bits per heavy atom. The number of carbonyl (C=O) groups excluding carboxylic acids is 2. The van der Waals surface area contributed by atoms with E-state index in [9.17, 15) is 9.59 Å². The summed E-state index contributed by atoms with van der Waals surface area (Å²) in [6, 6.07) is 12.5. The van der Waals surface area contributed by atoms with Crippen LogP contribution in [0.25, 0.3) is 5.57 Å². The van der Waals surface area contributed by atoms with Crippen LogP contribution in [0.15, 0.2) is 48.2 Å². The third-order valence-electron chi connectivity index (χ3n) is 4.76. The van der Waals surface area contributed by atoms with Gasteiger partial charge in [-0.05, 0) is 50.6 Å². The summed E-state index contributed by atoms with van der Waals surface area (Å²) in [5.41, 5.74) is 2.59. The number of para-hydroxylation sites is 1. The molecule has 1 heterocycles. The molecule has 0 spiro atoms. The number of halogens is 1. The van der Waals surface area contributed by atoms with Crippen molar-refractivity contribution in [3.63, 3.8) is 0 Å². The van der Waals surface area contributed by atoms with Crippen LogP contribution in [-0.2, 0) is 14.3 Å². The molecule has 0 saturated heterocycles. The number of aryl methyl sites for hydroxylation is 1. The van der Waals surface area contributed by atoms with Gasteiger partial charge in [-0.2, -0.15) is 0 Å². The first-order valence-electron chi connectivity index (χ1n) is 9.72. The summed E-state index contributed by atoms with van der Waals surface area (Å²) >= 11 is 6.06. The standard InChI is InChI=1S/C23H25ClN2O4/c1-14(2)30-12-11-26-22(27)20(17-7-5-6-8-19(17)29-4)21(23(26)28)25-18-10-9-16(24)13-15(18)3/h5-10,13-14,25H,11-12H2,1-4H3. The number of ether oxygens (including phenoxy) is 2. The largest absolute Gasteiger partial charge is 0.496 e. The highest BCUT2D eigenvalue weighted by atomic mass is 35.5. The van der Waals surface area contributed by atoms with Crippen molar-refractivity contribution in [1.29, 1.82) is 0 Å². The third kappa shape index (κ3) is 4.50. The van der Waals surface area contributed by atoms with Crippen molar-refractivity contribution >= 4 is 34.7 Å². The van der Waals surface area contributed by atoms with E-state index in [-0.39, 0.29) is 36.4 Å². The van der Waals surface area contributed by atoms with Crippen LogP contribution in [0.3, 0.4) is 0 Å². The van der Waals surface area contributed by atoms with E-state index in [1.807, 2.05) is 26.8 Å². The number of rotatable bonds is 8. The number of nitrogens with one attached hydrogen (secondary N) is 1. The Kier molecular flexibility index (Phi) is 6.80. The van der Waals surface area contributed by atoms with Crippen LogP contribution in [0.5, 0.6) is 5.75 Å². The van der Waals surface area contributed by atoms with E-state index < -0.39 is 5.91 Å². The van der Waals surface area contributed by atoms with E-state index in [2.05, 4.69) is 5.32 Å². The zero-order valence-corrected chi connectivity index (χ0v) is 18.2. The second-order valence-electron chi connectivity index (χ2n) is 7.22. The van der Waals surface area contributed by atoms with Crippen LogP contribution in [0.4, 0.5) is 5.69 Å². The van der Waals surface area contributed by atoms with Gasteiger partial charge in [0.05, 0.1) is 31.9 Å². The lowest BCUT2D eigenvalue weighted by atomic mass is 10.0. The minimum atomic E-state index is -0.400. The first-order chi connectivity index (χ1) is 14.3. The minimum Gasteiger partial charge on any atom is -0.496 e. The van der Waals surface area contributed by atoms with Gasteiger partial charge in [-0.25, -0.2) is 0 Å². The quantitative estimate of drug-likeness (QED) is 0.636. The van der Waals surface area contributed by atoms with Gasteiger partial charge in [0, 0.05) is 16.3 Å². The average molecular weight is 429 g/mol. The predicted octanol–water partition coefficient (Wildman–Crippen LogP) is 4.27. The lowest BCUT2D eigenvalue weighted by molar-refractivity contribution is -0.137. The molecule has 0 aliphatic carbocycles. The summed E-state index contributed by atoms with van der Waals surface area (Å²) < 4.78 is 11.0. The molecule has 7 heteroatoms. The number of imide groups is 1. The van der Waals surface area contributed by atoms with Gasteiger partial charge in [0.25, 0.3) is 11.8 Å². The van der Waals surface area contributed by atoms with E-state index >= 15 is 0 Å². The smallest absolute Gasteiger partial charge is 0.278 e. The fourth-order valence-corrected chi connectivity index (χ4v) is 3.50. The Bertz CT molecular complexity index is 1000. The average Bonchev–Trinajstić information content (AvgIpc) is 2.93. The molecule has 2 aromatic rings. The molecule has 0 radical (unpaired) electrons. The zero-order valence-electron chi connectivity index (χ0n) is 17.5. The molecule has 6 nitrogen and oxygen atoms in total. The molecule has 3 rings (SSSR count). The number of benzene rings is 2. The Morgan fingerprint density at radius 1 is 1.10 bits per heavy atom. The van der Waals surface area contributed by atoms with Crippen molar-refractivity contribution in [2.45, 2.75) is 26.9 Å². The van der Waals surface area contributed by atoms with Crippen molar-refractivity contribution in [2.24, 2.45) is 0 Å². The van der Waals surface area contributed by atoms with Gasteiger partial charge in [0.15, 0.2) is 0 Å². The van der Waals surface area contributed by atoms with E-state index in [1.165, 1.54) is 12.0 Å². The Labute approximate surface area is 181 Å². The molecule has 0 fully saturated rings. The van der Waals surface area contributed by atoms with E-state index in [0.29, 0.717) is 22.0 Å². The number of nitrogens with zero attached hydrogens (tertiary/aromatic N) is 1. The van der Waals surface area contributed by atoms with Crippen molar-refractivity contribution in [3.05, 3.63) is 64.3 Å². The molecule has 0 atom stereocenters. The van der Waals surface area contributed by atoms with E-state index in [4.69, 9.17) is 21.1 Å². The number of hydrogen-bond donors (Lipinski definition) is 1. The highest BCUT2D eigenvalue weighted by Crippen LogP contribution is 2.35. The normalized spacial score (nSPS) is 14.1. The molecule has 0 bridgehead atoms. The summed E-state index contributed by atoms with van der Waals surface area (Å²) in [6.07, 6.45) is 0.00812. The molecule has 2 amide bonds. The van der Waals surface area contributed by atoms with E-state index in [0.717, 1.165) is 5.56 Å². The molecular formula is C23H25ClN2O4. The fourth-order valence-electron chi connectivity index (χ4n) is 3.28. The first kappa shape index (κ1) is 21.9. The summed E-state index contributed by atoms with van der Waals surface area (Å²) in [7, 11) is 1.53. The SMILES string of the molecule is COc1ccccc1C1=C(Nc2ccc(Cl)cc2C)C(=O)N(CCOC(C)C)C1=O. The molecule has 0 unspecified atom stereocenters. The summed E-state index contributed by atoms with van der Waals surface area (Å²) in [5.74, 6) is -0.269. The zero-order chi connectivity index (χ0) is 21.8. The third-order valence-corrected chi connectivity index (χ3v) is 4.99. The molecule has 0 saturated carbocycles. The summed E-state index contributed by atoms with van der Waals surface area (Å²) in [5, 5.41) is 3.75. The number of methoxy groups -OCH3 is 1.